The van der Waals surface area contributed by atoms with Gasteiger partial charge in [-0.25, -0.2) is 0 Å². The van der Waals surface area contributed by atoms with Crippen molar-refractivity contribution in [3.05, 3.63) is 60.0 Å². The lowest BCUT2D eigenvalue weighted by atomic mass is 10.1. The molecule has 136 valence electrons. The molecular formula is C19H22N4O2S. The van der Waals surface area contributed by atoms with Gasteiger partial charge >= 0.3 is 0 Å². The number of phenolic OH excluding ortho intramolecular Hbond substituents is 1. The zero-order chi connectivity index (χ0) is 18.4. The van der Waals surface area contributed by atoms with Crippen LogP contribution in [0.3, 0.4) is 0 Å². The quantitative estimate of drug-likeness (QED) is 0.637. The van der Waals surface area contributed by atoms with Crippen LogP contribution in [-0.4, -0.2) is 37.6 Å². The molecule has 1 aromatic carbocycles. The second-order valence-electron chi connectivity index (χ2n) is 6.02. The predicted octanol–water partition coefficient (Wildman–Crippen LogP) is 2.98. The number of aromatic hydroxyl groups is 1. The van der Waals surface area contributed by atoms with E-state index in [1.54, 1.807) is 23.9 Å². The first-order chi connectivity index (χ1) is 12.7. The third-order valence-corrected chi connectivity index (χ3v) is 4.85. The number of amides is 1. The largest absolute Gasteiger partial charge is 0.508 e. The number of carbonyl (C=O) groups excluding carboxylic acids is 1. The van der Waals surface area contributed by atoms with Crippen molar-refractivity contribution in [2.24, 2.45) is 0 Å². The topological polar surface area (TPSA) is 79.5 Å². The minimum absolute atomic E-state index is 0.0629. The van der Waals surface area contributed by atoms with Crippen molar-refractivity contribution < 1.29 is 9.90 Å². The van der Waals surface area contributed by atoms with E-state index in [4.69, 9.17) is 0 Å². The van der Waals surface area contributed by atoms with Gasteiger partial charge in [-0.05, 0) is 48.6 Å². The number of nitrogens with zero attached hydrogens (tertiary/aromatic N) is 3. The van der Waals surface area contributed by atoms with Crippen LogP contribution in [0.5, 0.6) is 5.75 Å². The number of benzene rings is 1. The van der Waals surface area contributed by atoms with Gasteiger partial charge in [0.1, 0.15) is 5.75 Å². The summed E-state index contributed by atoms with van der Waals surface area (Å²) in [5.74, 6) is 1.81. The first kappa shape index (κ1) is 18.3. The second-order valence-corrected chi connectivity index (χ2v) is 7.00. The van der Waals surface area contributed by atoms with Gasteiger partial charge in [-0.3, -0.25) is 9.20 Å². The Morgan fingerprint density at radius 3 is 2.85 bits per heavy atom. The number of rotatable bonds is 8. The number of para-hydroxylation sites is 1. The molecule has 2 N–H and O–H groups in total. The molecule has 1 amide bonds. The molecule has 2 aromatic heterocycles. The minimum Gasteiger partial charge on any atom is -0.508 e. The molecule has 1 atom stereocenters. The maximum absolute atomic E-state index is 12.5. The molecule has 0 fully saturated rings. The van der Waals surface area contributed by atoms with E-state index in [1.807, 2.05) is 47.2 Å². The molecule has 2 heterocycles. The number of carbonyl (C=O) groups is 1. The molecule has 1 unspecified atom stereocenters. The Morgan fingerprint density at radius 1 is 1.23 bits per heavy atom. The van der Waals surface area contributed by atoms with Gasteiger partial charge in [0.05, 0.1) is 6.04 Å². The molecule has 0 radical (unpaired) electrons. The molecule has 3 rings (SSSR count). The first-order valence-electron chi connectivity index (χ1n) is 8.54. The lowest BCUT2D eigenvalue weighted by Gasteiger charge is -2.17. The fourth-order valence-electron chi connectivity index (χ4n) is 2.84. The van der Waals surface area contributed by atoms with Gasteiger partial charge in [-0.15, -0.1) is 10.2 Å². The molecule has 0 saturated carbocycles. The van der Waals surface area contributed by atoms with Gasteiger partial charge in [0.15, 0.2) is 11.5 Å². The van der Waals surface area contributed by atoms with Crippen LogP contribution < -0.4 is 5.32 Å². The molecule has 0 spiro atoms. The standard InChI is InChI=1S/C19H22N4O2S/c1-26-13-11-15(19-22-21-17-8-4-5-12-23(17)19)20-18(25)10-9-14-6-2-3-7-16(14)24/h2-8,12,15,24H,9-11,13H2,1H3,(H,20,25). The van der Waals surface area contributed by atoms with Crippen molar-refractivity contribution in [1.29, 1.82) is 0 Å². The van der Waals surface area contributed by atoms with E-state index in [9.17, 15) is 9.90 Å². The van der Waals surface area contributed by atoms with Crippen molar-refractivity contribution in [3.63, 3.8) is 0 Å². The minimum atomic E-state index is -0.197. The Bertz CT molecular complexity index is 881. The average Bonchev–Trinajstić information content (AvgIpc) is 3.08. The van der Waals surface area contributed by atoms with E-state index < -0.39 is 0 Å². The van der Waals surface area contributed by atoms with E-state index in [1.165, 1.54) is 0 Å². The number of phenols is 1. The number of nitrogens with one attached hydrogen (secondary N) is 1. The lowest BCUT2D eigenvalue weighted by molar-refractivity contribution is -0.121. The van der Waals surface area contributed by atoms with Crippen molar-refractivity contribution in [2.75, 3.05) is 12.0 Å². The highest BCUT2D eigenvalue weighted by Gasteiger charge is 2.20. The Kier molecular flexibility index (Phi) is 6.12. The first-order valence-corrected chi connectivity index (χ1v) is 9.93. The number of thioether (sulfide) groups is 1. The highest BCUT2D eigenvalue weighted by Crippen LogP contribution is 2.20. The summed E-state index contributed by atoms with van der Waals surface area (Å²) in [6, 6.07) is 12.6. The van der Waals surface area contributed by atoms with Crippen molar-refractivity contribution >= 4 is 23.3 Å². The predicted molar refractivity (Wildman–Crippen MR) is 103 cm³/mol. The third kappa shape index (κ3) is 4.35. The van der Waals surface area contributed by atoms with Gasteiger partial charge in [-0.2, -0.15) is 11.8 Å². The zero-order valence-corrected chi connectivity index (χ0v) is 15.4. The Hall–Kier alpha value is -2.54. The molecular weight excluding hydrogens is 348 g/mol. The Labute approximate surface area is 156 Å². The van der Waals surface area contributed by atoms with Crippen LogP contribution in [-0.2, 0) is 11.2 Å². The van der Waals surface area contributed by atoms with Crippen LogP contribution in [0.25, 0.3) is 5.65 Å². The highest BCUT2D eigenvalue weighted by molar-refractivity contribution is 7.98. The van der Waals surface area contributed by atoms with Crippen LogP contribution in [0.4, 0.5) is 0 Å². The maximum atomic E-state index is 12.5. The summed E-state index contributed by atoms with van der Waals surface area (Å²) in [6.07, 6.45) is 5.53. The molecule has 0 bridgehead atoms. The summed E-state index contributed by atoms with van der Waals surface area (Å²) >= 11 is 1.73. The van der Waals surface area contributed by atoms with Crippen molar-refractivity contribution in [3.8, 4) is 5.75 Å². The van der Waals surface area contributed by atoms with Gasteiger partial charge < -0.3 is 10.4 Å². The number of hydrogen-bond donors (Lipinski definition) is 2. The SMILES string of the molecule is CSCCC(NC(=O)CCc1ccccc1O)c1nnc2ccccn12. The van der Waals surface area contributed by atoms with E-state index in [0.717, 1.165) is 29.2 Å². The molecule has 0 aliphatic carbocycles. The van der Waals surface area contributed by atoms with E-state index in [0.29, 0.717) is 12.8 Å². The monoisotopic (exact) mass is 370 g/mol. The average molecular weight is 370 g/mol. The number of pyridine rings is 1. The van der Waals surface area contributed by atoms with Crippen LogP contribution in [0.1, 0.15) is 30.3 Å². The molecule has 7 heteroatoms. The summed E-state index contributed by atoms with van der Waals surface area (Å²) in [5, 5.41) is 21.4. The number of fused-ring (bicyclic) bond motifs is 1. The van der Waals surface area contributed by atoms with Crippen LogP contribution >= 0.6 is 11.8 Å². The molecule has 6 nitrogen and oxygen atoms in total. The van der Waals surface area contributed by atoms with Crippen LogP contribution in [0.2, 0.25) is 0 Å². The summed E-state index contributed by atoms with van der Waals surface area (Å²) in [7, 11) is 0. The van der Waals surface area contributed by atoms with Crippen molar-refractivity contribution in [1.82, 2.24) is 19.9 Å². The van der Waals surface area contributed by atoms with Crippen molar-refractivity contribution in [2.45, 2.75) is 25.3 Å². The fraction of sp³-hybridized carbons (Fsp3) is 0.316. The normalized spacial score (nSPS) is 12.2. The van der Waals surface area contributed by atoms with E-state index >= 15 is 0 Å². The number of hydrogen-bond acceptors (Lipinski definition) is 5. The smallest absolute Gasteiger partial charge is 0.220 e. The van der Waals surface area contributed by atoms with E-state index in [2.05, 4.69) is 15.5 Å². The molecule has 0 aliphatic heterocycles. The van der Waals surface area contributed by atoms with Gasteiger partial charge in [0.2, 0.25) is 5.91 Å². The highest BCUT2D eigenvalue weighted by atomic mass is 32.2. The summed E-state index contributed by atoms with van der Waals surface area (Å²) in [5.41, 5.74) is 1.54. The van der Waals surface area contributed by atoms with Gasteiger partial charge in [0, 0.05) is 12.6 Å². The van der Waals surface area contributed by atoms with E-state index in [-0.39, 0.29) is 17.7 Å². The Balaban J connectivity index is 1.70. The van der Waals surface area contributed by atoms with Gasteiger partial charge in [0.25, 0.3) is 0 Å². The summed E-state index contributed by atoms with van der Waals surface area (Å²) < 4.78 is 1.91. The molecule has 26 heavy (non-hydrogen) atoms. The third-order valence-electron chi connectivity index (χ3n) is 4.21. The fourth-order valence-corrected chi connectivity index (χ4v) is 3.31. The van der Waals surface area contributed by atoms with Gasteiger partial charge in [-0.1, -0.05) is 24.3 Å². The zero-order valence-electron chi connectivity index (χ0n) is 14.6. The number of aromatic nitrogens is 3. The lowest BCUT2D eigenvalue weighted by Crippen LogP contribution is -2.30. The maximum Gasteiger partial charge on any atom is 0.220 e. The van der Waals surface area contributed by atoms with Crippen LogP contribution in [0, 0.1) is 0 Å². The molecule has 3 aromatic rings. The second kappa shape index (κ2) is 8.71. The Morgan fingerprint density at radius 2 is 2.04 bits per heavy atom. The molecule has 0 aliphatic rings. The molecule has 0 saturated heterocycles. The summed E-state index contributed by atoms with van der Waals surface area (Å²) in [6.45, 7) is 0. The summed E-state index contributed by atoms with van der Waals surface area (Å²) in [4.78, 5) is 12.5. The van der Waals surface area contributed by atoms with Crippen LogP contribution in [0.15, 0.2) is 48.7 Å². The number of aryl methyl sites for hydroxylation is 1.